The van der Waals surface area contributed by atoms with Crippen LogP contribution in [-0.2, 0) is 10.0 Å². The lowest BCUT2D eigenvalue weighted by atomic mass is 10.1. The van der Waals surface area contributed by atoms with Gasteiger partial charge >= 0.3 is 0 Å². The predicted octanol–water partition coefficient (Wildman–Crippen LogP) is -0.0763. The lowest BCUT2D eigenvalue weighted by Gasteiger charge is -2.16. The fraction of sp³-hybridized carbons (Fsp3) is 1.00. The van der Waals surface area contributed by atoms with Gasteiger partial charge in [-0.1, -0.05) is 6.92 Å². The average molecular weight is 218 g/mol. The molecule has 0 spiro atoms. The van der Waals surface area contributed by atoms with Gasteiger partial charge in [0.05, 0.1) is 5.75 Å². The van der Waals surface area contributed by atoms with E-state index in [2.05, 4.69) is 17.0 Å². The average Bonchev–Trinajstić information content (AvgIpc) is 2.77. The molecule has 0 aromatic rings. The summed E-state index contributed by atoms with van der Waals surface area (Å²) in [4.78, 5) is 0. The van der Waals surface area contributed by atoms with Gasteiger partial charge in [0.15, 0.2) is 0 Å². The highest BCUT2D eigenvalue weighted by molar-refractivity contribution is 7.89. The van der Waals surface area contributed by atoms with Crippen LogP contribution in [-0.4, -0.2) is 33.3 Å². The molecule has 0 radical (unpaired) electrons. The van der Waals surface area contributed by atoms with Crippen molar-refractivity contribution in [2.24, 2.45) is 11.8 Å². The van der Waals surface area contributed by atoms with Gasteiger partial charge in [0.25, 0.3) is 0 Å². The van der Waals surface area contributed by atoms with Crippen LogP contribution >= 0.6 is 0 Å². The monoisotopic (exact) mass is 218 g/mol. The van der Waals surface area contributed by atoms with Crippen LogP contribution in [0, 0.1) is 11.8 Å². The first-order valence-electron chi connectivity index (χ1n) is 5.27. The van der Waals surface area contributed by atoms with Crippen LogP contribution in [0.4, 0.5) is 0 Å². The quantitative estimate of drug-likeness (QED) is 0.694. The Labute approximate surface area is 85.5 Å². The van der Waals surface area contributed by atoms with Gasteiger partial charge in [0.2, 0.25) is 10.0 Å². The van der Waals surface area contributed by atoms with Crippen molar-refractivity contribution in [3.8, 4) is 0 Å². The molecule has 0 amide bonds. The van der Waals surface area contributed by atoms with E-state index >= 15 is 0 Å². The molecule has 1 aliphatic heterocycles. The molecule has 0 aromatic carbocycles. The van der Waals surface area contributed by atoms with E-state index in [0.717, 1.165) is 25.9 Å². The third kappa shape index (κ3) is 2.68. The van der Waals surface area contributed by atoms with Gasteiger partial charge in [0.1, 0.15) is 0 Å². The smallest absolute Gasteiger partial charge is 0.212 e. The minimum Gasteiger partial charge on any atom is -0.315 e. The summed E-state index contributed by atoms with van der Waals surface area (Å²) in [5, 5.41) is 3.19. The molecule has 5 heteroatoms. The maximum Gasteiger partial charge on any atom is 0.212 e. The van der Waals surface area contributed by atoms with E-state index in [1.54, 1.807) is 0 Å². The van der Waals surface area contributed by atoms with Crippen molar-refractivity contribution >= 4 is 10.0 Å². The summed E-state index contributed by atoms with van der Waals surface area (Å²) in [5.74, 6) is 1.16. The van der Waals surface area contributed by atoms with Crippen LogP contribution in [0.25, 0.3) is 0 Å². The highest BCUT2D eigenvalue weighted by Crippen LogP contribution is 2.30. The van der Waals surface area contributed by atoms with Crippen molar-refractivity contribution in [1.29, 1.82) is 0 Å². The van der Waals surface area contributed by atoms with E-state index in [0.29, 0.717) is 17.6 Å². The first-order chi connectivity index (χ1) is 6.57. The summed E-state index contributed by atoms with van der Waals surface area (Å²) in [6.45, 7) is 3.76. The fourth-order valence-electron chi connectivity index (χ4n) is 1.84. The summed E-state index contributed by atoms with van der Waals surface area (Å²) in [6, 6.07) is 0.0961. The van der Waals surface area contributed by atoms with Gasteiger partial charge in [-0.3, -0.25) is 0 Å². The normalized spacial score (nSPS) is 33.5. The third-order valence-electron chi connectivity index (χ3n) is 3.00. The minimum atomic E-state index is -3.02. The van der Waals surface area contributed by atoms with Gasteiger partial charge < -0.3 is 5.32 Å². The van der Waals surface area contributed by atoms with Crippen molar-refractivity contribution in [2.75, 3.05) is 18.8 Å². The molecule has 2 aliphatic rings. The molecule has 2 unspecified atom stereocenters. The number of sulfonamides is 1. The standard InChI is InChI=1S/C9H18N2O2S/c1-7-4-10-5-9(7)11-14(12,13)6-8-2-3-8/h7-11H,2-6H2,1H3. The van der Waals surface area contributed by atoms with Crippen LogP contribution in [0.3, 0.4) is 0 Å². The summed E-state index contributed by atoms with van der Waals surface area (Å²) < 4.78 is 26.1. The Hall–Kier alpha value is -0.130. The van der Waals surface area contributed by atoms with Crippen LogP contribution in [0.15, 0.2) is 0 Å². The van der Waals surface area contributed by atoms with Crippen LogP contribution in [0.1, 0.15) is 19.8 Å². The Balaban J connectivity index is 1.88. The molecule has 1 saturated heterocycles. The van der Waals surface area contributed by atoms with Crippen LogP contribution in [0.5, 0.6) is 0 Å². The molecule has 82 valence electrons. The molecule has 2 fully saturated rings. The topological polar surface area (TPSA) is 58.2 Å². The number of nitrogens with one attached hydrogen (secondary N) is 2. The maximum atomic E-state index is 11.6. The molecule has 1 saturated carbocycles. The second-order valence-electron chi connectivity index (χ2n) is 4.58. The number of hydrogen-bond donors (Lipinski definition) is 2. The van der Waals surface area contributed by atoms with Gasteiger partial charge in [-0.05, 0) is 31.2 Å². The Kier molecular flexibility index (Phi) is 2.81. The number of rotatable bonds is 4. The molecule has 2 N–H and O–H groups in total. The molecule has 4 nitrogen and oxygen atoms in total. The van der Waals surface area contributed by atoms with Crippen molar-refractivity contribution in [3.05, 3.63) is 0 Å². The van der Waals surface area contributed by atoms with Gasteiger partial charge in [-0.15, -0.1) is 0 Å². The van der Waals surface area contributed by atoms with E-state index < -0.39 is 10.0 Å². The van der Waals surface area contributed by atoms with Crippen LogP contribution < -0.4 is 10.0 Å². The first kappa shape index (κ1) is 10.4. The highest BCUT2D eigenvalue weighted by Gasteiger charge is 2.32. The van der Waals surface area contributed by atoms with E-state index in [-0.39, 0.29) is 6.04 Å². The lowest BCUT2D eigenvalue weighted by molar-refractivity contribution is 0.501. The molecule has 0 bridgehead atoms. The first-order valence-corrected chi connectivity index (χ1v) is 6.93. The maximum absolute atomic E-state index is 11.6. The zero-order valence-corrected chi connectivity index (χ0v) is 9.31. The van der Waals surface area contributed by atoms with Crippen LogP contribution in [0.2, 0.25) is 0 Å². The Morgan fingerprint density at radius 2 is 2.07 bits per heavy atom. The molecule has 14 heavy (non-hydrogen) atoms. The Bertz CT molecular complexity index is 298. The fourth-order valence-corrected chi connectivity index (χ4v) is 3.67. The predicted molar refractivity (Wildman–Crippen MR) is 55.5 cm³/mol. The summed E-state index contributed by atoms with van der Waals surface area (Å²) in [6.07, 6.45) is 2.17. The largest absolute Gasteiger partial charge is 0.315 e. The van der Waals surface area contributed by atoms with Gasteiger partial charge in [-0.25, -0.2) is 13.1 Å². The van der Waals surface area contributed by atoms with E-state index in [1.807, 2.05) is 0 Å². The van der Waals surface area contributed by atoms with E-state index in [1.165, 1.54) is 0 Å². The molecule has 0 aromatic heterocycles. The van der Waals surface area contributed by atoms with Gasteiger partial charge in [0, 0.05) is 12.6 Å². The van der Waals surface area contributed by atoms with E-state index in [9.17, 15) is 8.42 Å². The van der Waals surface area contributed by atoms with Gasteiger partial charge in [-0.2, -0.15) is 0 Å². The molecule has 2 atom stereocenters. The second kappa shape index (κ2) is 3.79. The van der Waals surface area contributed by atoms with Crippen molar-refractivity contribution < 1.29 is 8.42 Å². The Morgan fingerprint density at radius 1 is 1.36 bits per heavy atom. The van der Waals surface area contributed by atoms with E-state index in [4.69, 9.17) is 0 Å². The highest BCUT2D eigenvalue weighted by atomic mass is 32.2. The second-order valence-corrected chi connectivity index (χ2v) is 6.38. The number of hydrogen-bond acceptors (Lipinski definition) is 3. The van der Waals surface area contributed by atoms with Crippen molar-refractivity contribution in [1.82, 2.24) is 10.0 Å². The third-order valence-corrected chi connectivity index (χ3v) is 4.57. The zero-order valence-electron chi connectivity index (χ0n) is 8.49. The summed E-state index contributed by atoms with van der Waals surface area (Å²) in [5.41, 5.74) is 0. The molecular weight excluding hydrogens is 200 g/mol. The minimum absolute atomic E-state index is 0.0961. The molecule has 1 heterocycles. The molecular formula is C9H18N2O2S. The summed E-state index contributed by atoms with van der Waals surface area (Å²) >= 11 is 0. The SMILES string of the molecule is CC1CNCC1NS(=O)(=O)CC1CC1. The van der Waals surface area contributed by atoms with Crippen molar-refractivity contribution in [3.63, 3.8) is 0 Å². The molecule has 2 rings (SSSR count). The lowest BCUT2D eigenvalue weighted by Crippen LogP contribution is -2.40. The Morgan fingerprint density at radius 3 is 2.57 bits per heavy atom. The molecule has 1 aliphatic carbocycles. The summed E-state index contributed by atoms with van der Waals surface area (Å²) in [7, 11) is -3.02. The zero-order chi connectivity index (χ0) is 10.2. The van der Waals surface area contributed by atoms with Crippen molar-refractivity contribution in [2.45, 2.75) is 25.8 Å².